The van der Waals surface area contributed by atoms with Crippen molar-refractivity contribution in [2.75, 3.05) is 6.54 Å². The van der Waals surface area contributed by atoms with Crippen LogP contribution in [0.25, 0.3) is 0 Å². The fraction of sp³-hybridized carbons (Fsp3) is 0.357. The number of furan rings is 1. The highest BCUT2D eigenvalue weighted by atomic mass is 32.2. The monoisotopic (exact) mass is 341 g/mol. The summed E-state index contributed by atoms with van der Waals surface area (Å²) in [4.78, 5) is 12.2. The van der Waals surface area contributed by atoms with Gasteiger partial charge in [0.25, 0.3) is 10.0 Å². The van der Waals surface area contributed by atoms with Crippen LogP contribution in [-0.4, -0.2) is 30.3 Å². The Morgan fingerprint density at radius 1 is 1.45 bits per heavy atom. The van der Waals surface area contributed by atoms with E-state index in [1.54, 1.807) is 11.4 Å². The first-order chi connectivity index (χ1) is 10.4. The quantitative estimate of drug-likeness (QED) is 0.922. The molecule has 1 aliphatic heterocycles. The third-order valence-electron chi connectivity index (χ3n) is 3.70. The molecule has 3 heterocycles. The van der Waals surface area contributed by atoms with E-state index < -0.39 is 22.0 Å². The summed E-state index contributed by atoms with van der Waals surface area (Å²) in [5, 5.41) is 11.1. The Bertz CT molecular complexity index is 805. The lowest BCUT2D eigenvalue weighted by Gasteiger charge is -2.31. The van der Waals surface area contributed by atoms with E-state index in [2.05, 4.69) is 0 Å². The zero-order chi connectivity index (χ0) is 15.9. The fourth-order valence-corrected chi connectivity index (χ4v) is 5.19. The van der Waals surface area contributed by atoms with Crippen LogP contribution in [0.4, 0.5) is 0 Å². The summed E-state index contributed by atoms with van der Waals surface area (Å²) in [6.45, 7) is 1.99. The molecule has 8 heteroatoms. The summed E-state index contributed by atoms with van der Waals surface area (Å²) < 4.78 is 31.8. The molecule has 0 aromatic carbocycles. The number of carboxylic acid groups (broad SMARTS) is 1. The van der Waals surface area contributed by atoms with Crippen LogP contribution in [0.1, 0.15) is 29.2 Å². The van der Waals surface area contributed by atoms with Crippen LogP contribution in [0.5, 0.6) is 0 Å². The number of carbonyl (C=O) groups is 1. The summed E-state index contributed by atoms with van der Waals surface area (Å²) in [6, 6.07) is 3.64. The van der Waals surface area contributed by atoms with Gasteiger partial charge in [0.15, 0.2) is 6.04 Å². The van der Waals surface area contributed by atoms with Gasteiger partial charge in [0.2, 0.25) is 5.09 Å². The molecule has 6 nitrogen and oxygen atoms in total. The number of sulfonamides is 1. The Morgan fingerprint density at radius 2 is 2.23 bits per heavy atom. The SMILES string of the molecule is CCc1ccc(S(=O)(=O)N2CCc3ccsc3C2C(=O)O)o1. The third kappa shape index (κ3) is 2.37. The number of rotatable bonds is 4. The van der Waals surface area contributed by atoms with Gasteiger partial charge in [0.1, 0.15) is 5.76 Å². The molecule has 1 N–H and O–H groups in total. The van der Waals surface area contributed by atoms with Crippen molar-refractivity contribution in [3.8, 4) is 0 Å². The molecule has 0 spiro atoms. The van der Waals surface area contributed by atoms with Crippen molar-refractivity contribution in [2.24, 2.45) is 0 Å². The standard InChI is InChI=1S/C14H15NO5S2/c1-2-10-3-4-11(20-10)22(18,19)15-7-5-9-6-8-21-13(9)12(15)14(16)17/h3-4,6,8,12H,2,5,7H2,1H3,(H,16,17). The maximum atomic E-state index is 12.7. The summed E-state index contributed by atoms with van der Waals surface area (Å²) in [5.74, 6) is -0.617. The van der Waals surface area contributed by atoms with Crippen LogP contribution in [0, 0.1) is 0 Å². The molecule has 118 valence electrons. The minimum atomic E-state index is -3.97. The van der Waals surface area contributed by atoms with Crippen molar-refractivity contribution in [3.63, 3.8) is 0 Å². The lowest BCUT2D eigenvalue weighted by Crippen LogP contribution is -2.42. The highest BCUT2D eigenvalue weighted by Gasteiger charge is 2.42. The fourth-order valence-electron chi connectivity index (χ4n) is 2.58. The number of aryl methyl sites for hydroxylation is 1. The number of nitrogens with zero attached hydrogens (tertiary/aromatic N) is 1. The molecule has 2 aromatic heterocycles. The lowest BCUT2D eigenvalue weighted by atomic mass is 10.0. The average molecular weight is 341 g/mol. The third-order valence-corrected chi connectivity index (χ3v) is 6.45. The Balaban J connectivity index is 2.04. The second-order valence-corrected chi connectivity index (χ2v) is 7.76. The van der Waals surface area contributed by atoms with E-state index in [0.717, 1.165) is 9.87 Å². The van der Waals surface area contributed by atoms with E-state index in [-0.39, 0.29) is 11.6 Å². The Morgan fingerprint density at radius 3 is 2.86 bits per heavy atom. The van der Waals surface area contributed by atoms with Gasteiger partial charge in [0.05, 0.1) is 0 Å². The molecule has 0 aliphatic carbocycles. The van der Waals surface area contributed by atoms with Gasteiger partial charge >= 0.3 is 5.97 Å². The van der Waals surface area contributed by atoms with Crippen LogP contribution in [0.2, 0.25) is 0 Å². The molecule has 2 aromatic rings. The first-order valence-corrected chi connectivity index (χ1v) is 9.16. The van der Waals surface area contributed by atoms with Crippen molar-refractivity contribution in [3.05, 3.63) is 39.8 Å². The second kappa shape index (κ2) is 5.53. The van der Waals surface area contributed by atoms with Crippen LogP contribution < -0.4 is 0 Å². The predicted molar refractivity (Wildman–Crippen MR) is 80.4 cm³/mol. The van der Waals surface area contributed by atoms with Crippen LogP contribution in [0.15, 0.2) is 33.1 Å². The minimum absolute atomic E-state index is 0.130. The summed E-state index contributed by atoms with van der Waals surface area (Å²) in [6.07, 6.45) is 1.08. The molecule has 0 amide bonds. The first-order valence-electron chi connectivity index (χ1n) is 6.84. The number of hydrogen-bond acceptors (Lipinski definition) is 5. The van der Waals surface area contributed by atoms with Crippen molar-refractivity contribution in [2.45, 2.75) is 30.9 Å². The molecule has 0 saturated heterocycles. The van der Waals surface area contributed by atoms with Gasteiger partial charge in [-0.2, -0.15) is 4.31 Å². The Kier molecular flexibility index (Phi) is 3.84. The summed E-state index contributed by atoms with van der Waals surface area (Å²) >= 11 is 1.27. The van der Waals surface area contributed by atoms with E-state index in [1.165, 1.54) is 17.4 Å². The number of fused-ring (bicyclic) bond motifs is 1. The number of carboxylic acids is 1. The molecule has 0 radical (unpaired) electrons. The number of hydrogen-bond donors (Lipinski definition) is 1. The Hall–Kier alpha value is -1.64. The molecule has 1 unspecified atom stereocenters. The maximum Gasteiger partial charge on any atom is 0.327 e. The first kappa shape index (κ1) is 15.3. The van der Waals surface area contributed by atoms with Crippen LogP contribution in [-0.2, 0) is 27.7 Å². The molecule has 22 heavy (non-hydrogen) atoms. The highest BCUT2D eigenvalue weighted by molar-refractivity contribution is 7.89. The molecule has 0 saturated carbocycles. The molecule has 1 atom stereocenters. The van der Waals surface area contributed by atoms with Crippen molar-refractivity contribution in [1.29, 1.82) is 0 Å². The predicted octanol–water partition coefficient (Wildman–Crippen LogP) is 2.28. The molecule has 0 bridgehead atoms. The van der Waals surface area contributed by atoms with Gasteiger partial charge in [-0.3, -0.25) is 4.79 Å². The molecule has 1 aliphatic rings. The van der Waals surface area contributed by atoms with Gasteiger partial charge in [-0.15, -0.1) is 11.3 Å². The van der Waals surface area contributed by atoms with Gasteiger partial charge < -0.3 is 9.52 Å². The van der Waals surface area contributed by atoms with Crippen LogP contribution >= 0.6 is 11.3 Å². The van der Waals surface area contributed by atoms with E-state index in [9.17, 15) is 18.3 Å². The van der Waals surface area contributed by atoms with Gasteiger partial charge in [-0.05, 0) is 35.6 Å². The lowest BCUT2D eigenvalue weighted by molar-refractivity contribution is -0.141. The Labute approximate surface area is 132 Å². The van der Waals surface area contributed by atoms with Gasteiger partial charge in [-0.25, -0.2) is 8.42 Å². The zero-order valence-electron chi connectivity index (χ0n) is 11.9. The van der Waals surface area contributed by atoms with E-state index in [1.807, 2.05) is 13.0 Å². The smallest absolute Gasteiger partial charge is 0.327 e. The van der Waals surface area contributed by atoms with Crippen LogP contribution in [0.3, 0.4) is 0 Å². The zero-order valence-corrected chi connectivity index (χ0v) is 13.5. The normalized spacial score (nSPS) is 19.0. The highest BCUT2D eigenvalue weighted by Crippen LogP contribution is 2.37. The summed E-state index contributed by atoms with van der Waals surface area (Å²) in [7, 11) is -3.97. The second-order valence-electron chi connectivity index (χ2n) is 4.99. The van der Waals surface area contributed by atoms with E-state index in [4.69, 9.17) is 4.42 Å². The number of aliphatic carboxylic acids is 1. The number of thiophene rings is 1. The molecular weight excluding hydrogens is 326 g/mol. The largest absolute Gasteiger partial charge is 0.480 e. The topological polar surface area (TPSA) is 87.8 Å². The maximum absolute atomic E-state index is 12.7. The van der Waals surface area contributed by atoms with Gasteiger partial charge in [-0.1, -0.05) is 6.92 Å². The minimum Gasteiger partial charge on any atom is -0.480 e. The van der Waals surface area contributed by atoms with E-state index in [0.29, 0.717) is 23.5 Å². The van der Waals surface area contributed by atoms with E-state index >= 15 is 0 Å². The summed E-state index contributed by atoms with van der Waals surface area (Å²) in [5.41, 5.74) is 0.901. The van der Waals surface area contributed by atoms with Crippen molar-refractivity contribution >= 4 is 27.3 Å². The van der Waals surface area contributed by atoms with Crippen molar-refractivity contribution in [1.82, 2.24) is 4.31 Å². The van der Waals surface area contributed by atoms with Crippen molar-refractivity contribution < 1.29 is 22.7 Å². The average Bonchev–Trinajstić information content (AvgIpc) is 3.14. The van der Waals surface area contributed by atoms with Gasteiger partial charge in [0, 0.05) is 17.8 Å². The molecule has 3 rings (SSSR count). The molecule has 0 fully saturated rings. The molecular formula is C14H15NO5S2.